The van der Waals surface area contributed by atoms with E-state index >= 15 is 0 Å². The predicted octanol–water partition coefficient (Wildman–Crippen LogP) is 2.86. The molecule has 0 saturated carbocycles. The molecule has 2 aromatic heterocycles. The molecule has 1 aromatic carbocycles. The fourth-order valence-corrected chi connectivity index (χ4v) is 4.26. The fraction of sp³-hybridized carbons (Fsp3) is 0.500. The number of benzene rings is 1. The minimum Gasteiger partial charge on any atom is -0.475 e. The van der Waals surface area contributed by atoms with E-state index in [4.69, 9.17) is 30.5 Å². The van der Waals surface area contributed by atoms with Gasteiger partial charge in [-0.15, -0.1) is 5.10 Å². The molecular weight excluding hydrogens is 578 g/mol. The zero-order chi connectivity index (χ0) is 31.1. The molecule has 2 aliphatic heterocycles. The van der Waals surface area contributed by atoms with Crippen LogP contribution in [0.1, 0.15) is 31.0 Å². The molecule has 3 aromatic rings. The van der Waals surface area contributed by atoms with Gasteiger partial charge in [0, 0.05) is 38.8 Å². The lowest BCUT2D eigenvalue weighted by Gasteiger charge is -2.32. The van der Waals surface area contributed by atoms with E-state index in [-0.39, 0.29) is 0 Å². The summed E-state index contributed by atoms with van der Waals surface area (Å²) < 4.78 is 65.5. The van der Waals surface area contributed by atoms with Crippen LogP contribution in [0.3, 0.4) is 0 Å². The van der Waals surface area contributed by atoms with Crippen LogP contribution in [-0.4, -0.2) is 96.6 Å². The second-order valence-electron chi connectivity index (χ2n) is 9.51. The number of anilines is 1. The van der Waals surface area contributed by atoms with Crippen molar-refractivity contribution in [3.8, 4) is 0 Å². The number of carboxylic acids is 2. The Balaban J connectivity index is 0.000000289. The summed E-state index contributed by atoms with van der Waals surface area (Å²) in [6.45, 7) is 4.76. The normalized spacial score (nSPS) is 18.2. The predicted molar refractivity (Wildman–Crippen MR) is 135 cm³/mol. The Hall–Kier alpha value is -4.06. The number of aliphatic carboxylic acids is 2. The zero-order valence-corrected chi connectivity index (χ0v) is 22.0. The van der Waals surface area contributed by atoms with Crippen LogP contribution in [0.2, 0.25) is 0 Å². The highest BCUT2D eigenvalue weighted by atomic mass is 19.4. The van der Waals surface area contributed by atoms with E-state index < -0.39 is 24.3 Å². The number of hydrogen-bond acceptors (Lipinski definition) is 9. The van der Waals surface area contributed by atoms with Gasteiger partial charge in [0.05, 0.1) is 35.2 Å². The first-order valence-corrected chi connectivity index (χ1v) is 12.6. The van der Waals surface area contributed by atoms with E-state index in [1.165, 1.54) is 0 Å². The summed E-state index contributed by atoms with van der Waals surface area (Å²) in [7, 11) is 0. The van der Waals surface area contributed by atoms with Crippen molar-refractivity contribution in [2.45, 2.75) is 50.2 Å². The van der Waals surface area contributed by atoms with Crippen molar-refractivity contribution >= 4 is 28.8 Å². The summed E-state index contributed by atoms with van der Waals surface area (Å²) in [6, 6.07) is 8.71. The molecule has 0 bridgehead atoms. The first-order chi connectivity index (χ1) is 19.6. The Morgan fingerprint density at radius 3 is 2.02 bits per heavy atom. The number of halogens is 6. The van der Waals surface area contributed by atoms with Gasteiger partial charge in [-0.2, -0.15) is 26.3 Å². The van der Waals surface area contributed by atoms with Gasteiger partial charge in [-0.25, -0.2) is 19.3 Å². The minimum absolute atomic E-state index is 0.303. The number of likely N-dealkylation sites (tertiary alicyclic amines) is 1. The monoisotopic (exact) mass is 606 g/mol. The number of piperidine rings is 1. The van der Waals surface area contributed by atoms with Crippen LogP contribution in [0.5, 0.6) is 0 Å². The van der Waals surface area contributed by atoms with Gasteiger partial charge >= 0.3 is 24.3 Å². The molecule has 1 atom stereocenters. The van der Waals surface area contributed by atoms with Gasteiger partial charge in [0.25, 0.3) is 0 Å². The van der Waals surface area contributed by atoms with Crippen LogP contribution < -0.4 is 10.6 Å². The average Bonchev–Trinajstić information content (AvgIpc) is 3.57. The van der Waals surface area contributed by atoms with Gasteiger partial charge in [-0.3, -0.25) is 9.88 Å². The van der Waals surface area contributed by atoms with Crippen molar-refractivity contribution < 1.29 is 46.1 Å². The van der Waals surface area contributed by atoms with Crippen LogP contribution >= 0.6 is 0 Å². The Bertz CT molecular complexity index is 1320. The zero-order valence-electron chi connectivity index (χ0n) is 22.0. The number of nitrogens with zero attached hydrogens (tertiary/aromatic N) is 7. The van der Waals surface area contributed by atoms with Gasteiger partial charge in [-0.1, -0.05) is 17.3 Å². The Labute approximate surface area is 234 Å². The molecule has 0 unspecified atom stereocenters. The highest BCUT2D eigenvalue weighted by molar-refractivity contribution is 5.75. The lowest BCUT2D eigenvalue weighted by molar-refractivity contribution is -0.193. The molecule has 230 valence electrons. The number of hydrogen-bond donors (Lipinski definition) is 3. The third kappa shape index (κ3) is 9.51. The van der Waals surface area contributed by atoms with Gasteiger partial charge < -0.3 is 20.8 Å². The Morgan fingerprint density at radius 1 is 0.929 bits per heavy atom. The number of fused-ring (bicyclic) bond motifs is 1. The second-order valence-corrected chi connectivity index (χ2v) is 9.51. The van der Waals surface area contributed by atoms with Crippen LogP contribution in [0.4, 0.5) is 32.2 Å². The molecule has 5 rings (SSSR count). The largest absolute Gasteiger partial charge is 0.490 e. The summed E-state index contributed by atoms with van der Waals surface area (Å²) in [6.07, 6.45) is -3.03. The SMILES string of the molecule is N[C@@H]1CCN(Cc2cn(C3CCN(c4cnc5ccccc5n4)CC3)nn2)C1.O=C(O)C(F)(F)F.O=C(O)C(F)(F)F. The van der Waals surface area contributed by atoms with E-state index in [1.54, 1.807) is 0 Å². The average molecular weight is 607 g/mol. The number of carbonyl (C=O) groups is 2. The van der Waals surface area contributed by atoms with E-state index in [0.29, 0.717) is 12.1 Å². The summed E-state index contributed by atoms with van der Waals surface area (Å²) in [5, 5.41) is 23.0. The number of aromatic nitrogens is 5. The molecule has 0 amide bonds. The number of nitrogens with two attached hydrogens (primary N) is 1. The first-order valence-electron chi connectivity index (χ1n) is 12.6. The van der Waals surface area contributed by atoms with Crippen LogP contribution in [-0.2, 0) is 16.1 Å². The highest BCUT2D eigenvalue weighted by Crippen LogP contribution is 2.26. The van der Waals surface area contributed by atoms with E-state index in [2.05, 4.69) is 36.0 Å². The highest BCUT2D eigenvalue weighted by Gasteiger charge is 2.39. The number of rotatable bonds is 4. The lowest BCUT2D eigenvalue weighted by Crippen LogP contribution is -2.35. The van der Waals surface area contributed by atoms with Crippen molar-refractivity contribution in [1.29, 1.82) is 0 Å². The van der Waals surface area contributed by atoms with Crippen LogP contribution in [0.15, 0.2) is 36.7 Å². The lowest BCUT2D eigenvalue weighted by atomic mass is 10.1. The second kappa shape index (κ2) is 13.7. The van der Waals surface area contributed by atoms with Gasteiger partial charge in [0.15, 0.2) is 0 Å². The smallest absolute Gasteiger partial charge is 0.475 e. The maximum Gasteiger partial charge on any atom is 0.490 e. The summed E-state index contributed by atoms with van der Waals surface area (Å²) in [4.78, 5) is 31.8. The van der Waals surface area contributed by atoms with Crippen molar-refractivity contribution in [1.82, 2.24) is 29.9 Å². The Morgan fingerprint density at radius 2 is 1.50 bits per heavy atom. The minimum atomic E-state index is -5.08. The molecule has 12 nitrogen and oxygen atoms in total. The molecule has 2 fully saturated rings. The maximum atomic E-state index is 10.6. The standard InChI is InChI=1S/C20H26N8.2C2HF3O2/c21-15-5-8-26(12-15)13-16-14-28(25-24-16)17-6-9-27(10-7-17)20-11-22-18-3-1-2-4-19(18)23-20;2*3-2(4,5)1(6)7/h1-4,11,14-15,17H,5-10,12-13,21H2;2*(H,6,7)/t15-;;/m1../s1. The molecule has 2 saturated heterocycles. The summed E-state index contributed by atoms with van der Waals surface area (Å²) >= 11 is 0. The van der Waals surface area contributed by atoms with Crippen molar-refractivity contribution in [3.63, 3.8) is 0 Å². The Kier molecular flexibility index (Phi) is 10.6. The molecule has 2 aliphatic rings. The fourth-order valence-electron chi connectivity index (χ4n) is 4.26. The number of para-hydroxylation sites is 2. The van der Waals surface area contributed by atoms with E-state index in [9.17, 15) is 26.3 Å². The van der Waals surface area contributed by atoms with Gasteiger partial charge in [0.1, 0.15) is 5.82 Å². The van der Waals surface area contributed by atoms with Crippen LogP contribution in [0, 0.1) is 0 Å². The summed E-state index contributed by atoms with van der Waals surface area (Å²) in [5.74, 6) is -4.55. The molecule has 4 heterocycles. The van der Waals surface area contributed by atoms with Gasteiger partial charge in [-0.05, 0) is 31.4 Å². The third-order valence-corrected chi connectivity index (χ3v) is 6.34. The molecule has 18 heteroatoms. The maximum absolute atomic E-state index is 10.6. The number of alkyl halides is 6. The quantitative estimate of drug-likeness (QED) is 0.374. The molecule has 4 N–H and O–H groups in total. The first kappa shape index (κ1) is 32.5. The molecular formula is C24H28F6N8O4. The molecule has 0 aliphatic carbocycles. The molecule has 0 radical (unpaired) electrons. The van der Waals surface area contributed by atoms with Crippen molar-refractivity contribution in [2.75, 3.05) is 31.1 Å². The molecule has 0 spiro atoms. The molecule has 42 heavy (non-hydrogen) atoms. The number of carboxylic acid groups (broad SMARTS) is 2. The van der Waals surface area contributed by atoms with Crippen LogP contribution in [0.25, 0.3) is 11.0 Å². The van der Waals surface area contributed by atoms with Gasteiger partial charge in [0.2, 0.25) is 0 Å². The van der Waals surface area contributed by atoms with E-state index in [0.717, 1.165) is 74.5 Å². The van der Waals surface area contributed by atoms with E-state index in [1.807, 2.05) is 30.5 Å². The topological polar surface area (TPSA) is 164 Å². The van der Waals surface area contributed by atoms with Crippen molar-refractivity contribution in [3.05, 3.63) is 42.4 Å². The summed E-state index contributed by atoms with van der Waals surface area (Å²) in [5.41, 5.74) is 8.92. The third-order valence-electron chi connectivity index (χ3n) is 6.34. The van der Waals surface area contributed by atoms with Crippen molar-refractivity contribution in [2.24, 2.45) is 5.73 Å².